The summed E-state index contributed by atoms with van der Waals surface area (Å²) >= 11 is 0. The molecule has 2 aromatic rings. The fourth-order valence-electron chi connectivity index (χ4n) is 2.12. The fourth-order valence-corrected chi connectivity index (χ4v) is 3.25. The maximum atomic E-state index is 12.5. The molecule has 1 N–H and O–H groups in total. The van der Waals surface area contributed by atoms with Crippen LogP contribution in [0.4, 0.5) is 11.4 Å². The number of amides is 1. The Kier molecular flexibility index (Phi) is 6.01. The molecule has 0 aromatic heterocycles. The maximum absolute atomic E-state index is 12.5. The van der Waals surface area contributed by atoms with Crippen LogP contribution in [0.3, 0.4) is 0 Å². The van der Waals surface area contributed by atoms with Gasteiger partial charge in [-0.3, -0.25) is 19.6 Å². The molecular formula is C17H19N3O6S. The summed E-state index contributed by atoms with van der Waals surface area (Å²) in [6.45, 7) is 1.30. The molecule has 0 fully saturated rings. The number of rotatable bonds is 7. The number of ether oxygens (including phenoxy) is 1. The summed E-state index contributed by atoms with van der Waals surface area (Å²) < 4.78 is 32.7. The Bertz CT molecular complexity index is 955. The van der Waals surface area contributed by atoms with E-state index in [4.69, 9.17) is 4.74 Å². The highest BCUT2D eigenvalue weighted by atomic mass is 32.2. The van der Waals surface area contributed by atoms with Gasteiger partial charge in [-0.05, 0) is 37.3 Å². The number of nitrogens with zero attached hydrogens (tertiary/aromatic N) is 2. The molecule has 0 atom stereocenters. The van der Waals surface area contributed by atoms with Gasteiger partial charge in [0.2, 0.25) is 0 Å². The largest absolute Gasteiger partial charge is 0.484 e. The monoisotopic (exact) mass is 393 g/mol. The molecule has 10 heteroatoms. The minimum atomic E-state index is -3.94. The normalized spacial score (nSPS) is 10.9. The Hall–Kier alpha value is -3.14. The van der Waals surface area contributed by atoms with Crippen LogP contribution < -0.4 is 9.46 Å². The number of carbonyl (C=O) groups excluding carboxylic acids is 1. The smallest absolute Gasteiger partial charge is 0.274 e. The zero-order valence-corrected chi connectivity index (χ0v) is 15.8. The van der Waals surface area contributed by atoms with E-state index in [0.717, 1.165) is 0 Å². The predicted octanol–water partition coefficient (Wildman–Crippen LogP) is 2.17. The summed E-state index contributed by atoms with van der Waals surface area (Å²) in [5, 5.41) is 11.0. The molecule has 144 valence electrons. The molecule has 2 rings (SSSR count). The van der Waals surface area contributed by atoms with Crippen molar-refractivity contribution in [3.05, 3.63) is 58.1 Å². The summed E-state index contributed by atoms with van der Waals surface area (Å²) in [5.74, 6) is 0.116. The van der Waals surface area contributed by atoms with Crippen molar-refractivity contribution in [1.82, 2.24) is 4.90 Å². The lowest BCUT2D eigenvalue weighted by Crippen LogP contribution is -2.27. The predicted molar refractivity (Wildman–Crippen MR) is 99.3 cm³/mol. The van der Waals surface area contributed by atoms with E-state index in [1.165, 1.54) is 54.3 Å². The van der Waals surface area contributed by atoms with Crippen molar-refractivity contribution >= 4 is 27.3 Å². The number of hydrogen-bond acceptors (Lipinski definition) is 6. The van der Waals surface area contributed by atoms with E-state index in [1.54, 1.807) is 14.1 Å². The zero-order valence-electron chi connectivity index (χ0n) is 15.0. The minimum Gasteiger partial charge on any atom is -0.484 e. The number of benzene rings is 2. The molecule has 0 radical (unpaired) electrons. The second-order valence-corrected chi connectivity index (χ2v) is 7.54. The molecule has 0 saturated carbocycles. The van der Waals surface area contributed by atoms with E-state index < -0.39 is 14.9 Å². The zero-order chi connectivity index (χ0) is 20.2. The molecule has 0 unspecified atom stereocenters. The summed E-state index contributed by atoms with van der Waals surface area (Å²) in [6, 6.07) is 9.66. The average Bonchev–Trinajstić information content (AvgIpc) is 2.61. The van der Waals surface area contributed by atoms with Gasteiger partial charge in [0.05, 0.1) is 21.1 Å². The van der Waals surface area contributed by atoms with E-state index in [-0.39, 0.29) is 34.3 Å². The van der Waals surface area contributed by atoms with Gasteiger partial charge in [-0.25, -0.2) is 8.42 Å². The lowest BCUT2D eigenvalue weighted by molar-refractivity contribution is -0.385. The SMILES string of the molecule is Cc1c(NS(=O)(=O)c2ccc(OCC(=O)N(C)C)cc2)cccc1[N+](=O)[O-]. The minimum absolute atomic E-state index is 0.0420. The molecule has 0 aliphatic carbocycles. The lowest BCUT2D eigenvalue weighted by Gasteiger charge is -2.12. The number of anilines is 1. The van der Waals surface area contributed by atoms with Crippen LogP contribution >= 0.6 is 0 Å². The maximum Gasteiger partial charge on any atom is 0.274 e. The van der Waals surface area contributed by atoms with Gasteiger partial charge < -0.3 is 9.64 Å². The second-order valence-electron chi connectivity index (χ2n) is 5.86. The summed E-state index contributed by atoms with van der Waals surface area (Å²) in [5.41, 5.74) is 0.166. The summed E-state index contributed by atoms with van der Waals surface area (Å²) in [6.07, 6.45) is 0. The lowest BCUT2D eigenvalue weighted by atomic mass is 10.2. The quantitative estimate of drug-likeness (QED) is 0.569. The van der Waals surface area contributed by atoms with Crippen LogP contribution in [0.25, 0.3) is 0 Å². The van der Waals surface area contributed by atoms with Crippen molar-refractivity contribution in [2.45, 2.75) is 11.8 Å². The van der Waals surface area contributed by atoms with Crippen molar-refractivity contribution in [2.24, 2.45) is 0 Å². The van der Waals surface area contributed by atoms with Crippen LogP contribution in [-0.4, -0.2) is 44.9 Å². The summed E-state index contributed by atoms with van der Waals surface area (Å²) in [7, 11) is -0.743. The Labute approximate surface area is 156 Å². The molecule has 27 heavy (non-hydrogen) atoms. The van der Waals surface area contributed by atoms with Crippen LogP contribution in [0.5, 0.6) is 5.75 Å². The highest BCUT2D eigenvalue weighted by Crippen LogP contribution is 2.27. The topological polar surface area (TPSA) is 119 Å². The average molecular weight is 393 g/mol. The van der Waals surface area contributed by atoms with E-state index in [1.807, 2.05) is 0 Å². The Balaban J connectivity index is 2.17. The van der Waals surface area contributed by atoms with Crippen molar-refractivity contribution in [1.29, 1.82) is 0 Å². The van der Waals surface area contributed by atoms with E-state index in [9.17, 15) is 23.3 Å². The number of hydrogen-bond donors (Lipinski definition) is 1. The summed E-state index contributed by atoms with van der Waals surface area (Å²) in [4.78, 5) is 23.2. The van der Waals surface area contributed by atoms with Crippen molar-refractivity contribution in [3.63, 3.8) is 0 Å². The fraction of sp³-hybridized carbons (Fsp3) is 0.235. The van der Waals surface area contributed by atoms with Gasteiger partial charge in [0.25, 0.3) is 21.6 Å². The van der Waals surface area contributed by atoms with E-state index in [2.05, 4.69) is 4.72 Å². The molecular weight excluding hydrogens is 374 g/mol. The highest BCUT2D eigenvalue weighted by Gasteiger charge is 2.19. The van der Waals surface area contributed by atoms with Gasteiger partial charge in [-0.1, -0.05) is 6.07 Å². The molecule has 2 aromatic carbocycles. The number of nitro benzene ring substituents is 1. The first-order valence-electron chi connectivity index (χ1n) is 7.81. The molecule has 9 nitrogen and oxygen atoms in total. The van der Waals surface area contributed by atoms with Gasteiger partial charge in [0.15, 0.2) is 6.61 Å². The van der Waals surface area contributed by atoms with Gasteiger partial charge in [0.1, 0.15) is 5.75 Å². The molecule has 0 aliphatic heterocycles. The first-order valence-corrected chi connectivity index (χ1v) is 9.30. The first-order chi connectivity index (χ1) is 12.6. The molecule has 0 saturated heterocycles. The first kappa shape index (κ1) is 20.2. The highest BCUT2D eigenvalue weighted by molar-refractivity contribution is 7.92. The molecule has 0 heterocycles. The number of likely N-dealkylation sites (N-methyl/N-ethyl adjacent to an activating group) is 1. The third kappa shape index (κ3) is 4.94. The molecule has 0 aliphatic rings. The van der Waals surface area contributed by atoms with E-state index in [0.29, 0.717) is 5.75 Å². The van der Waals surface area contributed by atoms with Crippen molar-refractivity contribution < 1.29 is 22.9 Å². The standard InChI is InChI=1S/C17H19N3O6S/c1-12-15(5-4-6-16(12)20(22)23)18-27(24,25)14-9-7-13(8-10-14)26-11-17(21)19(2)3/h4-10,18H,11H2,1-3H3. The van der Waals surface area contributed by atoms with Crippen LogP contribution in [0, 0.1) is 17.0 Å². The van der Waals surface area contributed by atoms with Gasteiger partial charge >= 0.3 is 0 Å². The van der Waals surface area contributed by atoms with Crippen molar-refractivity contribution in [3.8, 4) is 5.75 Å². The number of nitrogens with one attached hydrogen (secondary N) is 1. The van der Waals surface area contributed by atoms with E-state index >= 15 is 0 Å². The number of nitro groups is 1. The Morgan fingerprint density at radius 3 is 2.37 bits per heavy atom. The molecule has 0 bridgehead atoms. The van der Waals surface area contributed by atoms with Crippen LogP contribution in [0.15, 0.2) is 47.4 Å². The molecule has 0 spiro atoms. The third-order valence-corrected chi connectivity index (χ3v) is 5.12. The van der Waals surface area contributed by atoms with Crippen molar-refractivity contribution in [2.75, 3.05) is 25.4 Å². The number of carbonyl (C=O) groups is 1. The van der Waals surface area contributed by atoms with Gasteiger partial charge in [-0.15, -0.1) is 0 Å². The third-order valence-electron chi connectivity index (χ3n) is 3.74. The van der Waals surface area contributed by atoms with Crippen LogP contribution in [-0.2, 0) is 14.8 Å². The second kappa shape index (κ2) is 8.04. The Morgan fingerprint density at radius 1 is 1.19 bits per heavy atom. The van der Waals surface area contributed by atoms with Gasteiger partial charge in [0, 0.05) is 20.2 Å². The van der Waals surface area contributed by atoms with Crippen LogP contribution in [0.1, 0.15) is 5.56 Å². The number of sulfonamides is 1. The molecule has 1 amide bonds. The Morgan fingerprint density at radius 2 is 1.81 bits per heavy atom. The van der Waals surface area contributed by atoms with Crippen LogP contribution in [0.2, 0.25) is 0 Å². The van der Waals surface area contributed by atoms with Gasteiger partial charge in [-0.2, -0.15) is 0 Å².